The molecular weight excluding hydrogens is 336 g/mol. The van der Waals surface area contributed by atoms with E-state index < -0.39 is 11.7 Å². The molecule has 2 amide bonds. The Morgan fingerprint density at radius 2 is 1.90 bits per heavy atom. The zero-order valence-electron chi connectivity index (χ0n) is 12.5. The van der Waals surface area contributed by atoms with Crippen LogP contribution in [0.25, 0.3) is 0 Å². The molecule has 21 heavy (non-hydrogen) atoms. The van der Waals surface area contributed by atoms with Gasteiger partial charge in [-0.25, -0.2) is 4.79 Å². The third kappa shape index (κ3) is 7.70. The van der Waals surface area contributed by atoms with E-state index in [2.05, 4.69) is 26.6 Å². The second-order valence-electron chi connectivity index (χ2n) is 5.56. The summed E-state index contributed by atoms with van der Waals surface area (Å²) in [6.07, 6.45) is 0.417. The van der Waals surface area contributed by atoms with E-state index in [1.165, 1.54) is 0 Å². The Morgan fingerprint density at radius 1 is 1.24 bits per heavy atom. The molecule has 0 bridgehead atoms. The van der Waals surface area contributed by atoms with Crippen molar-refractivity contribution in [2.75, 3.05) is 11.9 Å². The summed E-state index contributed by atoms with van der Waals surface area (Å²) >= 11 is 3.37. The van der Waals surface area contributed by atoms with Gasteiger partial charge in [-0.2, -0.15) is 0 Å². The number of carbonyl (C=O) groups excluding carboxylic acids is 2. The van der Waals surface area contributed by atoms with Crippen LogP contribution in [0.3, 0.4) is 0 Å². The van der Waals surface area contributed by atoms with E-state index in [-0.39, 0.29) is 5.91 Å². The van der Waals surface area contributed by atoms with Crippen LogP contribution in [0.1, 0.15) is 33.6 Å². The number of alkyl carbamates (subject to hydrolysis) is 1. The van der Waals surface area contributed by atoms with Gasteiger partial charge in [-0.15, -0.1) is 0 Å². The van der Waals surface area contributed by atoms with Gasteiger partial charge in [0, 0.05) is 17.4 Å². The second kappa shape index (κ2) is 8.02. The Hall–Kier alpha value is -1.56. The maximum atomic E-state index is 11.8. The van der Waals surface area contributed by atoms with Crippen LogP contribution in [0.4, 0.5) is 10.5 Å². The molecule has 1 aromatic carbocycles. The van der Waals surface area contributed by atoms with Crippen LogP contribution >= 0.6 is 15.9 Å². The summed E-state index contributed by atoms with van der Waals surface area (Å²) in [6, 6.07) is 7.41. The number of hydrogen-bond donors (Lipinski definition) is 2. The summed E-state index contributed by atoms with van der Waals surface area (Å²) in [4.78, 5) is 23.2. The molecule has 0 saturated heterocycles. The smallest absolute Gasteiger partial charge is 0.407 e. The van der Waals surface area contributed by atoms with E-state index >= 15 is 0 Å². The largest absolute Gasteiger partial charge is 0.444 e. The highest BCUT2D eigenvalue weighted by Gasteiger charge is 2.15. The van der Waals surface area contributed by atoms with E-state index in [9.17, 15) is 9.59 Å². The number of rotatable bonds is 5. The van der Waals surface area contributed by atoms with Crippen LogP contribution in [-0.2, 0) is 9.53 Å². The molecule has 2 N–H and O–H groups in total. The molecule has 1 aromatic rings. The van der Waals surface area contributed by atoms with Crippen LogP contribution in [0.2, 0.25) is 0 Å². The molecule has 0 heterocycles. The van der Waals surface area contributed by atoms with Crippen molar-refractivity contribution in [1.29, 1.82) is 0 Å². The van der Waals surface area contributed by atoms with Crippen molar-refractivity contribution in [1.82, 2.24) is 5.32 Å². The van der Waals surface area contributed by atoms with Gasteiger partial charge in [0.25, 0.3) is 0 Å². The quantitative estimate of drug-likeness (QED) is 0.790. The van der Waals surface area contributed by atoms with Crippen LogP contribution in [0, 0.1) is 0 Å². The highest BCUT2D eigenvalue weighted by Crippen LogP contribution is 2.21. The van der Waals surface area contributed by atoms with Crippen molar-refractivity contribution in [3.8, 4) is 0 Å². The summed E-state index contributed by atoms with van der Waals surface area (Å²) in [7, 11) is 0. The molecule has 6 heteroatoms. The lowest BCUT2D eigenvalue weighted by molar-refractivity contribution is -0.116. The first-order chi connectivity index (χ1) is 9.78. The van der Waals surface area contributed by atoms with Gasteiger partial charge in [-0.3, -0.25) is 4.79 Å². The summed E-state index contributed by atoms with van der Waals surface area (Å²) in [5.74, 6) is -0.0899. The number of amides is 2. The minimum atomic E-state index is -0.513. The number of carbonyl (C=O) groups is 2. The first-order valence-corrected chi connectivity index (χ1v) is 7.58. The first-order valence-electron chi connectivity index (χ1n) is 6.79. The molecule has 0 aliphatic rings. The first kappa shape index (κ1) is 17.5. The fraction of sp³-hybridized carbons (Fsp3) is 0.467. The third-order valence-corrected chi connectivity index (χ3v) is 3.09. The van der Waals surface area contributed by atoms with E-state index in [0.717, 1.165) is 10.2 Å². The zero-order valence-corrected chi connectivity index (χ0v) is 14.1. The van der Waals surface area contributed by atoms with Gasteiger partial charge in [0.05, 0.1) is 5.69 Å². The maximum absolute atomic E-state index is 11.8. The van der Waals surface area contributed by atoms with Crippen molar-refractivity contribution in [2.45, 2.75) is 39.2 Å². The Balaban J connectivity index is 2.23. The van der Waals surface area contributed by atoms with Crippen molar-refractivity contribution < 1.29 is 14.3 Å². The van der Waals surface area contributed by atoms with Crippen molar-refractivity contribution in [2.24, 2.45) is 0 Å². The van der Waals surface area contributed by atoms with E-state index in [1.807, 2.05) is 24.3 Å². The molecule has 116 valence electrons. The second-order valence-corrected chi connectivity index (χ2v) is 6.41. The van der Waals surface area contributed by atoms with Crippen molar-refractivity contribution in [3.63, 3.8) is 0 Å². The zero-order chi connectivity index (χ0) is 15.9. The average molecular weight is 357 g/mol. The lowest BCUT2D eigenvalue weighted by Gasteiger charge is -2.19. The minimum absolute atomic E-state index is 0.0899. The summed E-state index contributed by atoms with van der Waals surface area (Å²) in [6.45, 7) is 5.81. The predicted octanol–water partition coefficient (Wildman–Crippen LogP) is 3.69. The number of para-hydroxylation sites is 1. The van der Waals surface area contributed by atoms with Gasteiger partial charge < -0.3 is 15.4 Å². The van der Waals surface area contributed by atoms with Gasteiger partial charge in [-0.1, -0.05) is 12.1 Å². The minimum Gasteiger partial charge on any atom is -0.444 e. The number of halogens is 1. The summed E-state index contributed by atoms with van der Waals surface area (Å²) in [5.41, 5.74) is 0.226. The molecule has 0 aliphatic carbocycles. The van der Waals surface area contributed by atoms with Crippen LogP contribution in [-0.4, -0.2) is 24.1 Å². The van der Waals surface area contributed by atoms with E-state index in [4.69, 9.17) is 4.74 Å². The van der Waals surface area contributed by atoms with Crippen LogP contribution in [0.5, 0.6) is 0 Å². The molecule has 0 unspecified atom stereocenters. The van der Waals surface area contributed by atoms with Gasteiger partial charge in [0.2, 0.25) is 5.91 Å². The van der Waals surface area contributed by atoms with Gasteiger partial charge >= 0.3 is 6.09 Å². The Bertz CT molecular complexity index is 498. The normalized spacial score (nSPS) is 10.9. The predicted molar refractivity (Wildman–Crippen MR) is 86.2 cm³/mol. The topological polar surface area (TPSA) is 67.4 Å². The fourth-order valence-corrected chi connectivity index (χ4v) is 1.91. The van der Waals surface area contributed by atoms with Crippen LogP contribution < -0.4 is 10.6 Å². The van der Waals surface area contributed by atoms with E-state index in [1.54, 1.807) is 20.8 Å². The average Bonchev–Trinajstić information content (AvgIpc) is 2.35. The number of anilines is 1. The Kier molecular flexibility index (Phi) is 6.68. The van der Waals surface area contributed by atoms with Gasteiger partial charge in [-0.05, 0) is 55.3 Å². The highest BCUT2D eigenvalue weighted by molar-refractivity contribution is 9.10. The number of hydrogen-bond acceptors (Lipinski definition) is 3. The molecule has 0 fully saturated rings. The van der Waals surface area contributed by atoms with E-state index in [0.29, 0.717) is 19.4 Å². The summed E-state index contributed by atoms with van der Waals surface area (Å²) in [5, 5.41) is 5.43. The lowest BCUT2D eigenvalue weighted by Crippen LogP contribution is -2.33. The van der Waals surface area contributed by atoms with Gasteiger partial charge in [0.15, 0.2) is 0 Å². The molecule has 0 radical (unpaired) electrons. The number of nitrogens with one attached hydrogen (secondary N) is 2. The standard InChI is InChI=1S/C15H21BrN2O3/c1-15(2,3)21-14(20)17-10-6-9-13(19)18-12-8-5-4-7-11(12)16/h4-5,7-8H,6,9-10H2,1-3H3,(H,17,20)(H,18,19). The monoisotopic (exact) mass is 356 g/mol. The Morgan fingerprint density at radius 3 is 2.52 bits per heavy atom. The molecular formula is C15H21BrN2O3. The molecule has 1 rings (SSSR count). The fourth-order valence-electron chi connectivity index (χ4n) is 1.53. The molecule has 0 saturated carbocycles. The maximum Gasteiger partial charge on any atom is 0.407 e. The molecule has 0 atom stereocenters. The molecule has 0 spiro atoms. The molecule has 0 aliphatic heterocycles. The van der Waals surface area contributed by atoms with Crippen LogP contribution in [0.15, 0.2) is 28.7 Å². The number of benzene rings is 1. The molecule has 0 aromatic heterocycles. The summed E-state index contributed by atoms with van der Waals surface area (Å²) < 4.78 is 5.94. The lowest BCUT2D eigenvalue weighted by atomic mass is 10.2. The highest BCUT2D eigenvalue weighted by atomic mass is 79.9. The third-order valence-electron chi connectivity index (χ3n) is 2.40. The Labute approximate surface area is 133 Å². The van der Waals surface area contributed by atoms with Crippen molar-refractivity contribution >= 4 is 33.6 Å². The van der Waals surface area contributed by atoms with Gasteiger partial charge in [0.1, 0.15) is 5.60 Å². The number of ether oxygens (including phenoxy) is 1. The van der Waals surface area contributed by atoms with Crippen molar-refractivity contribution in [3.05, 3.63) is 28.7 Å². The molecule has 5 nitrogen and oxygen atoms in total. The SMILES string of the molecule is CC(C)(C)OC(=O)NCCCC(=O)Nc1ccccc1Br.